The first-order valence-electron chi connectivity index (χ1n) is 10.3. The summed E-state index contributed by atoms with van der Waals surface area (Å²) in [6, 6.07) is 6.39. The smallest absolute Gasteiger partial charge is 0.223 e. The van der Waals surface area contributed by atoms with Crippen molar-refractivity contribution in [2.24, 2.45) is 5.41 Å². The van der Waals surface area contributed by atoms with E-state index >= 15 is 0 Å². The zero-order valence-corrected chi connectivity index (χ0v) is 18.1. The van der Waals surface area contributed by atoms with Gasteiger partial charge in [-0.3, -0.25) is 4.79 Å². The molecule has 0 unspecified atom stereocenters. The van der Waals surface area contributed by atoms with Crippen LogP contribution < -0.4 is 4.90 Å². The Bertz CT molecular complexity index is 883. The summed E-state index contributed by atoms with van der Waals surface area (Å²) in [5.41, 5.74) is 2.70. The van der Waals surface area contributed by atoms with Crippen LogP contribution >= 0.6 is 0 Å². The number of aromatic nitrogens is 2. The van der Waals surface area contributed by atoms with Crippen molar-refractivity contribution in [1.82, 2.24) is 14.9 Å². The highest BCUT2D eigenvalue weighted by molar-refractivity contribution is 5.77. The van der Waals surface area contributed by atoms with Gasteiger partial charge in [-0.15, -0.1) is 0 Å². The van der Waals surface area contributed by atoms with Crippen LogP contribution in [0.4, 0.5) is 10.2 Å². The van der Waals surface area contributed by atoms with Gasteiger partial charge in [0.2, 0.25) is 5.91 Å². The lowest BCUT2D eigenvalue weighted by Crippen LogP contribution is -2.50. The largest absolute Gasteiger partial charge is 0.353 e. The number of carbonyl (C=O) groups is 1. The number of amides is 1. The fraction of sp³-hybridized carbons (Fsp3) is 0.522. The molecule has 156 valence electrons. The monoisotopic (exact) mass is 398 g/mol. The molecule has 1 aliphatic rings. The number of halogens is 1. The van der Waals surface area contributed by atoms with E-state index in [2.05, 4.69) is 37.6 Å². The minimum Gasteiger partial charge on any atom is -0.353 e. The summed E-state index contributed by atoms with van der Waals surface area (Å²) in [4.78, 5) is 26.2. The third kappa shape index (κ3) is 5.11. The third-order valence-corrected chi connectivity index (χ3v) is 5.24. The summed E-state index contributed by atoms with van der Waals surface area (Å²) in [5, 5.41) is 0. The molecule has 0 atom stereocenters. The second-order valence-electron chi connectivity index (χ2n) is 8.90. The minimum atomic E-state index is -0.296. The average Bonchev–Trinajstić information content (AvgIpc) is 2.66. The molecule has 3 rings (SSSR count). The maximum Gasteiger partial charge on any atom is 0.223 e. The lowest BCUT2D eigenvalue weighted by atomic mass is 9.91. The van der Waals surface area contributed by atoms with Gasteiger partial charge in [0.05, 0.1) is 0 Å². The van der Waals surface area contributed by atoms with Crippen molar-refractivity contribution in [3.63, 3.8) is 0 Å². The Balaban J connectivity index is 1.83. The number of hydrogen-bond donors (Lipinski definition) is 0. The number of benzene rings is 1. The molecule has 1 fully saturated rings. The van der Waals surface area contributed by atoms with Gasteiger partial charge in [-0.1, -0.05) is 39.8 Å². The Hall–Kier alpha value is -2.50. The quantitative estimate of drug-likeness (QED) is 0.773. The molecule has 0 saturated carbocycles. The van der Waals surface area contributed by atoms with E-state index in [1.54, 1.807) is 6.07 Å². The van der Waals surface area contributed by atoms with Gasteiger partial charge in [-0.2, -0.15) is 0 Å². The molecule has 1 amide bonds. The second kappa shape index (κ2) is 8.47. The highest BCUT2D eigenvalue weighted by Crippen LogP contribution is 2.27. The molecule has 5 nitrogen and oxygen atoms in total. The van der Waals surface area contributed by atoms with Crippen molar-refractivity contribution < 1.29 is 9.18 Å². The molecule has 1 aromatic carbocycles. The zero-order chi connectivity index (χ0) is 21.2. The first-order chi connectivity index (χ1) is 13.7. The van der Waals surface area contributed by atoms with Crippen LogP contribution in [0.25, 0.3) is 11.4 Å². The molecule has 2 heterocycles. The van der Waals surface area contributed by atoms with E-state index < -0.39 is 0 Å². The van der Waals surface area contributed by atoms with Crippen molar-refractivity contribution >= 4 is 11.7 Å². The lowest BCUT2D eigenvalue weighted by molar-refractivity contribution is -0.133. The maximum atomic E-state index is 13.7. The van der Waals surface area contributed by atoms with E-state index in [1.807, 2.05) is 17.9 Å². The van der Waals surface area contributed by atoms with Crippen LogP contribution in [0.3, 0.4) is 0 Å². The topological polar surface area (TPSA) is 49.3 Å². The molecule has 0 aliphatic carbocycles. The van der Waals surface area contributed by atoms with Gasteiger partial charge in [0.15, 0.2) is 5.82 Å². The normalized spacial score (nSPS) is 15.0. The Morgan fingerprint density at radius 2 is 1.83 bits per heavy atom. The van der Waals surface area contributed by atoms with Crippen molar-refractivity contribution in [2.45, 2.75) is 47.5 Å². The number of rotatable bonds is 4. The van der Waals surface area contributed by atoms with Crippen LogP contribution in [0.1, 0.15) is 45.4 Å². The van der Waals surface area contributed by atoms with Crippen molar-refractivity contribution in [3.8, 4) is 11.4 Å². The molecule has 1 saturated heterocycles. The summed E-state index contributed by atoms with van der Waals surface area (Å²) in [5.74, 6) is 1.37. The van der Waals surface area contributed by atoms with Crippen LogP contribution in [0.5, 0.6) is 0 Å². The molecule has 1 aliphatic heterocycles. The van der Waals surface area contributed by atoms with E-state index in [1.165, 1.54) is 12.1 Å². The lowest BCUT2D eigenvalue weighted by Gasteiger charge is -2.37. The summed E-state index contributed by atoms with van der Waals surface area (Å²) in [6.07, 6.45) is 1.39. The van der Waals surface area contributed by atoms with E-state index in [0.29, 0.717) is 30.9 Å². The van der Waals surface area contributed by atoms with Gasteiger partial charge in [0.25, 0.3) is 0 Å². The van der Waals surface area contributed by atoms with E-state index in [0.717, 1.165) is 36.6 Å². The first-order valence-corrected chi connectivity index (χ1v) is 10.3. The Morgan fingerprint density at radius 1 is 1.14 bits per heavy atom. The predicted octanol–water partition coefficient (Wildman–Crippen LogP) is 4.24. The van der Waals surface area contributed by atoms with Crippen LogP contribution in [0.15, 0.2) is 24.3 Å². The minimum absolute atomic E-state index is 0.00672. The highest BCUT2D eigenvalue weighted by Gasteiger charge is 2.27. The Morgan fingerprint density at radius 3 is 2.41 bits per heavy atom. The standard InChI is InChI=1S/C23H31FN4O/c1-6-19-16(2)25-21(17-8-7-9-18(24)14-17)26-22(19)28-12-10-27(11-13-28)20(29)15-23(3,4)5/h7-9,14H,6,10-13,15H2,1-5H3. The van der Waals surface area contributed by atoms with Crippen LogP contribution in [-0.2, 0) is 11.2 Å². The molecule has 6 heteroatoms. The molecular formula is C23H31FN4O. The molecule has 1 aromatic heterocycles. The van der Waals surface area contributed by atoms with Crippen LogP contribution in [0, 0.1) is 18.2 Å². The van der Waals surface area contributed by atoms with E-state index in [9.17, 15) is 9.18 Å². The summed E-state index contributed by atoms with van der Waals surface area (Å²) < 4.78 is 13.7. The van der Waals surface area contributed by atoms with Gasteiger partial charge in [0.1, 0.15) is 11.6 Å². The molecule has 0 radical (unpaired) electrons. The third-order valence-electron chi connectivity index (χ3n) is 5.24. The van der Waals surface area contributed by atoms with Crippen molar-refractivity contribution in [2.75, 3.05) is 31.1 Å². The molecule has 29 heavy (non-hydrogen) atoms. The van der Waals surface area contributed by atoms with E-state index in [-0.39, 0.29) is 17.1 Å². The first kappa shape index (κ1) is 21.2. The average molecular weight is 399 g/mol. The van der Waals surface area contributed by atoms with Gasteiger partial charge < -0.3 is 9.80 Å². The molecular weight excluding hydrogens is 367 g/mol. The van der Waals surface area contributed by atoms with Gasteiger partial charge >= 0.3 is 0 Å². The zero-order valence-electron chi connectivity index (χ0n) is 18.1. The molecule has 0 spiro atoms. The highest BCUT2D eigenvalue weighted by atomic mass is 19.1. The van der Waals surface area contributed by atoms with E-state index in [4.69, 9.17) is 4.98 Å². The summed E-state index contributed by atoms with van der Waals surface area (Å²) in [7, 11) is 0. The van der Waals surface area contributed by atoms with Gasteiger partial charge in [0, 0.05) is 49.4 Å². The SMILES string of the molecule is CCc1c(C)nc(-c2cccc(F)c2)nc1N1CCN(C(=O)CC(C)(C)C)CC1. The van der Waals surface area contributed by atoms with Gasteiger partial charge in [-0.25, -0.2) is 14.4 Å². The fourth-order valence-electron chi connectivity index (χ4n) is 3.75. The van der Waals surface area contributed by atoms with Crippen LogP contribution in [0.2, 0.25) is 0 Å². The molecule has 2 aromatic rings. The van der Waals surface area contributed by atoms with Crippen molar-refractivity contribution in [3.05, 3.63) is 41.3 Å². The Kier molecular flexibility index (Phi) is 6.20. The van der Waals surface area contributed by atoms with Crippen LogP contribution in [-0.4, -0.2) is 47.0 Å². The number of hydrogen-bond acceptors (Lipinski definition) is 4. The number of piperazine rings is 1. The second-order valence-corrected chi connectivity index (χ2v) is 8.90. The Labute approximate surface area is 173 Å². The number of nitrogens with zero attached hydrogens (tertiary/aromatic N) is 4. The van der Waals surface area contributed by atoms with Crippen molar-refractivity contribution in [1.29, 1.82) is 0 Å². The molecule has 0 N–H and O–H groups in total. The number of carbonyl (C=O) groups excluding carboxylic acids is 1. The summed E-state index contributed by atoms with van der Waals surface area (Å²) in [6.45, 7) is 13.2. The fourth-order valence-corrected chi connectivity index (χ4v) is 3.75. The summed E-state index contributed by atoms with van der Waals surface area (Å²) >= 11 is 0. The number of aryl methyl sites for hydroxylation is 1. The molecule has 0 bridgehead atoms. The maximum absolute atomic E-state index is 13.7. The van der Waals surface area contributed by atoms with Gasteiger partial charge in [-0.05, 0) is 30.9 Å². The predicted molar refractivity (Wildman–Crippen MR) is 114 cm³/mol. The number of anilines is 1.